The van der Waals surface area contributed by atoms with Gasteiger partial charge in [-0.15, -0.1) is 33.4 Å². The van der Waals surface area contributed by atoms with Gasteiger partial charge in [-0.25, -0.2) is 0 Å². The topological polar surface area (TPSA) is 85.8 Å². The van der Waals surface area contributed by atoms with Crippen LogP contribution < -0.4 is 16.7 Å². The summed E-state index contributed by atoms with van der Waals surface area (Å²) in [5.41, 5.74) is -0.919. The Kier molecular flexibility index (Phi) is 2.32. The first-order chi connectivity index (χ1) is 7.33. The van der Waals surface area contributed by atoms with Crippen LogP contribution in [0.3, 0.4) is 0 Å². The number of nitrogens with one attached hydrogen (secondary N) is 1. The number of alkyl halides is 2. The lowest BCUT2D eigenvalue weighted by Gasteiger charge is -2.12. The first-order valence-electron chi connectivity index (χ1n) is 4.64. The molecule has 1 saturated carbocycles. The molecule has 0 bridgehead atoms. The van der Waals surface area contributed by atoms with Crippen LogP contribution in [0.5, 0.6) is 0 Å². The highest BCUT2D eigenvalue weighted by molar-refractivity contribution is 6.52. The molecule has 8 heteroatoms. The minimum Gasteiger partial charge on any atom is -0.356 e. The zero-order valence-corrected chi connectivity index (χ0v) is 10.3. The van der Waals surface area contributed by atoms with Gasteiger partial charge in [0, 0.05) is 7.05 Å². The average molecular weight is 264 g/mol. The van der Waals surface area contributed by atoms with Gasteiger partial charge < -0.3 is 11.2 Å². The molecule has 1 aliphatic rings. The number of anilines is 1. The molecule has 1 fully saturated rings. The van der Waals surface area contributed by atoms with Crippen LogP contribution in [0.1, 0.15) is 19.0 Å². The van der Waals surface area contributed by atoms with E-state index in [1.807, 2.05) is 0 Å². The van der Waals surface area contributed by atoms with Gasteiger partial charge in [-0.05, 0) is 6.42 Å². The maximum atomic E-state index is 11.9. The molecule has 0 unspecified atom stereocenters. The highest BCUT2D eigenvalue weighted by Gasteiger charge is 2.66. The van der Waals surface area contributed by atoms with E-state index in [0.29, 0.717) is 6.42 Å². The molecule has 0 spiro atoms. The Hall–Kier alpha value is -1.01. The molecule has 0 amide bonds. The molecule has 1 aliphatic carbocycles. The average Bonchev–Trinajstić information content (AvgIpc) is 2.71. The molecule has 2 rings (SSSR count). The van der Waals surface area contributed by atoms with E-state index in [1.165, 1.54) is 0 Å². The maximum absolute atomic E-state index is 11.9. The van der Waals surface area contributed by atoms with E-state index in [4.69, 9.17) is 29.0 Å². The fraction of sp³-hybridized carbons (Fsp3) is 0.625. The molecule has 88 valence electrons. The molecule has 0 radical (unpaired) electrons. The molecule has 0 aliphatic heterocycles. The van der Waals surface area contributed by atoms with Crippen LogP contribution in [-0.2, 0) is 5.41 Å². The summed E-state index contributed by atoms with van der Waals surface area (Å²) in [5.74, 6) is 5.75. The van der Waals surface area contributed by atoms with Crippen molar-refractivity contribution in [3.63, 3.8) is 0 Å². The zero-order chi connectivity index (χ0) is 12.1. The monoisotopic (exact) mass is 263 g/mol. The van der Waals surface area contributed by atoms with Crippen LogP contribution in [0.15, 0.2) is 4.79 Å². The van der Waals surface area contributed by atoms with Gasteiger partial charge in [-0.1, -0.05) is 6.92 Å². The van der Waals surface area contributed by atoms with E-state index in [9.17, 15) is 4.79 Å². The first kappa shape index (κ1) is 11.5. The molecule has 3 N–H and O–H groups in total. The lowest BCUT2D eigenvalue weighted by Crippen LogP contribution is -2.37. The zero-order valence-electron chi connectivity index (χ0n) is 8.79. The summed E-state index contributed by atoms with van der Waals surface area (Å²) in [6, 6.07) is 0. The highest BCUT2D eigenvalue weighted by atomic mass is 35.5. The number of rotatable bonds is 2. The van der Waals surface area contributed by atoms with Crippen LogP contribution in [0.25, 0.3) is 0 Å². The quantitative estimate of drug-likeness (QED) is 0.590. The van der Waals surface area contributed by atoms with Crippen molar-refractivity contribution in [1.29, 1.82) is 0 Å². The van der Waals surface area contributed by atoms with E-state index < -0.39 is 15.3 Å². The minimum atomic E-state index is -0.963. The molecule has 1 aromatic heterocycles. The molecular weight excluding hydrogens is 253 g/mol. The fourth-order valence-electron chi connectivity index (χ4n) is 1.57. The van der Waals surface area contributed by atoms with Crippen LogP contribution in [0.4, 0.5) is 5.95 Å². The number of hydrogen-bond acceptors (Lipinski definition) is 5. The van der Waals surface area contributed by atoms with Crippen molar-refractivity contribution >= 4 is 29.2 Å². The van der Waals surface area contributed by atoms with Gasteiger partial charge in [-0.3, -0.25) is 4.79 Å². The van der Waals surface area contributed by atoms with Crippen molar-refractivity contribution in [1.82, 2.24) is 14.9 Å². The second-order valence-electron chi connectivity index (χ2n) is 4.01. The largest absolute Gasteiger partial charge is 0.356 e. The third kappa shape index (κ3) is 1.36. The molecular formula is C8H11Cl2N5O. The summed E-state index contributed by atoms with van der Waals surface area (Å²) < 4.78 is -0.0647. The van der Waals surface area contributed by atoms with Gasteiger partial charge in [0.05, 0.1) is 5.41 Å². The number of nitrogen functional groups attached to an aromatic ring is 1. The smallest absolute Gasteiger partial charge is 0.296 e. The van der Waals surface area contributed by atoms with Gasteiger partial charge >= 0.3 is 0 Å². The molecule has 1 heterocycles. The summed E-state index contributed by atoms with van der Waals surface area (Å²) >= 11 is 11.9. The van der Waals surface area contributed by atoms with Gasteiger partial charge in [0.2, 0.25) is 5.95 Å². The van der Waals surface area contributed by atoms with Crippen LogP contribution >= 0.6 is 23.2 Å². The number of hydrogen-bond donors (Lipinski definition) is 2. The Labute approximate surface area is 102 Å². The molecule has 1 atom stereocenters. The Morgan fingerprint density at radius 3 is 2.50 bits per heavy atom. The molecule has 16 heavy (non-hydrogen) atoms. The Morgan fingerprint density at radius 2 is 2.06 bits per heavy atom. The lowest BCUT2D eigenvalue weighted by molar-refractivity contribution is 0.665. The van der Waals surface area contributed by atoms with Gasteiger partial charge in [0.25, 0.3) is 5.56 Å². The minimum absolute atomic E-state index is 0.188. The predicted octanol–water partition coefficient (Wildman–Crippen LogP) is 0.229. The van der Waals surface area contributed by atoms with Gasteiger partial charge in [0.1, 0.15) is 10.0 Å². The Bertz CT molecular complexity index is 500. The van der Waals surface area contributed by atoms with E-state index in [2.05, 4.69) is 15.5 Å². The van der Waals surface area contributed by atoms with Gasteiger partial charge in [-0.2, -0.15) is 4.68 Å². The number of nitrogens with two attached hydrogens (primary N) is 1. The predicted molar refractivity (Wildman–Crippen MR) is 62.4 cm³/mol. The summed E-state index contributed by atoms with van der Waals surface area (Å²) in [4.78, 5) is 11.9. The highest BCUT2D eigenvalue weighted by Crippen LogP contribution is 2.63. The number of aromatic nitrogens is 3. The number of halogens is 2. The number of nitrogens with zero attached hydrogens (tertiary/aromatic N) is 3. The van der Waals surface area contributed by atoms with Crippen molar-refractivity contribution < 1.29 is 0 Å². The van der Waals surface area contributed by atoms with Crippen LogP contribution in [0.2, 0.25) is 0 Å². The van der Waals surface area contributed by atoms with Crippen LogP contribution in [0, 0.1) is 0 Å². The first-order valence-corrected chi connectivity index (χ1v) is 5.40. The second kappa shape index (κ2) is 3.24. The third-order valence-electron chi connectivity index (χ3n) is 2.90. The van der Waals surface area contributed by atoms with Crippen molar-refractivity contribution in [2.75, 3.05) is 18.2 Å². The second-order valence-corrected chi connectivity index (χ2v) is 5.49. The van der Waals surface area contributed by atoms with Crippen LogP contribution in [-0.4, -0.2) is 26.3 Å². The van der Waals surface area contributed by atoms with E-state index >= 15 is 0 Å². The standard InChI is InChI=1S/C8H11Cl2N5O/c1-7(3-8(7,9)10)4-5(16)15(11)6(12-2)14-13-4/h3,11H2,1-2H3,(H,12,14)/t7-/m1/s1. The molecule has 0 saturated heterocycles. The lowest BCUT2D eigenvalue weighted by atomic mass is 10.1. The summed E-state index contributed by atoms with van der Waals surface area (Å²) in [6.07, 6.45) is 0.464. The van der Waals surface area contributed by atoms with Crippen molar-refractivity contribution in [3.05, 3.63) is 16.0 Å². The van der Waals surface area contributed by atoms with Crippen molar-refractivity contribution in [2.24, 2.45) is 0 Å². The van der Waals surface area contributed by atoms with Gasteiger partial charge in [0.15, 0.2) is 0 Å². The Morgan fingerprint density at radius 1 is 1.50 bits per heavy atom. The van der Waals surface area contributed by atoms with E-state index in [-0.39, 0.29) is 11.6 Å². The normalized spacial score (nSPS) is 26.5. The summed E-state index contributed by atoms with van der Waals surface area (Å²) in [6.45, 7) is 1.76. The van der Waals surface area contributed by atoms with Crippen molar-refractivity contribution in [2.45, 2.75) is 23.1 Å². The fourth-order valence-corrected chi connectivity index (χ4v) is 2.29. The SMILES string of the molecule is CNc1nnc([C@@]2(C)CC2(Cl)Cl)c(=O)n1N. The molecule has 6 nitrogen and oxygen atoms in total. The van der Waals surface area contributed by atoms with Crippen molar-refractivity contribution in [3.8, 4) is 0 Å². The van der Waals surface area contributed by atoms with E-state index in [1.54, 1.807) is 14.0 Å². The Balaban J connectivity index is 2.54. The summed E-state index contributed by atoms with van der Waals surface area (Å²) in [5, 5.41) is 10.3. The van der Waals surface area contributed by atoms with E-state index in [0.717, 1.165) is 4.68 Å². The maximum Gasteiger partial charge on any atom is 0.296 e. The third-order valence-corrected chi connectivity index (χ3v) is 4.00. The molecule has 1 aromatic rings. The summed E-state index contributed by atoms with van der Waals surface area (Å²) in [7, 11) is 1.60. The molecule has 0 aromatic carbocycles.